The maximum absolute atomic E-state index is 12.9. The summed E-state index contributed by atoms with van der Waals surface area (Å²) in [5.41, 5.74) is -0.753. The Balaban J connectivity index is 2.21. The quantitative estimate of drug-likeness (QED) is 0.898. The normalized spacial score (nSPS) is 22.6. The van der Waals surface area contributed by atoms with Crippen LogP contribution < -0.4 is 5.32 Å². The molecule has 0 aliphatic carbocycles. The minimum atomic E-state index is -4.35. The molecule has 0 bridgehead atoms. The topological polar surface area (TPSA) is 32.3 Å². The lowest BCUT2D eigenvalue weighted by molar-refractivity contribution is -0.138. The molecule has 1 amide bonds. The third kappa shape index (κ3) is 4.29. The number of carbonyl (C=O) groups excluding carboxylic acids is 1. The summed E-state index contributed by atoms with van der Waals surface area (Å²) in [5.74, 6) is -0.0517. The molecule has 1 fully saturated rings. The summed E-state index contributed by atoms with van der Waals surface area (Å²) in [5, 5.41) is 2.94. The maximum atomic E-state index is 12.9. The number of likely N-dealkylation sites (tertiary alicyclic amines) is 1. The van der Waals surface area contributed by atoms with Gasteiger partial charge in [-0.25, -0.2) is 0 Å². The fourth-order valence-corrected chi connectivity index (χ4v) is 3.17. The summed E-state index contributed by atoms with van der Waals surface area (Å²) in [6.45, 7) is 6.74. The average Bonchev–Trinajstić information content (AvgIpc) is 2.48. The van der Waals surface area contributed by atoms with Crippen molar-refractivity contribution in [3.05, 3.63) is 35.4 Å². The van der Waals surface area contributed by atoms with Crippen LogP contribution in [0.5, 0.6) is 0 Å². The molecule has 3 nitrogen and oxygen atoms in total. The van der Waals surface area contributed by atoms with Gasteiger partial charge >= 0.3 is 6.18 Å². The van der Waals surface area contributed by atoms with E-state index in [9.17, 15) is 18.0 Å². The first-order chi connectivity index (χ1) is 11.1. The van der Waals surface area contributed by atoms with Crippen molar-refractivity contribution in [2.75, 3.05) is 6.54 Å². The van der Waals surface area contributed by atoms with Crippen molar-refractivity contribution in [2.24, 2.45) is 0 Å². The highest BCUT2D eigenvalue weighted by molar-refractivity contribution is 5.86. The first kappa shape index (κ1) is 18.8. The highest BCUT2D eigenvalue weighted by Crippen LogP contribution is 2.32. The van der Waals surface area contributed by atoms with Gasteiger partial charge in [0.25, 0.3) is 0 Å². The van der Waals surface area contributed by atoms with Gasteiger partial charge in [0, 0.05) is 12.6 Å². The highest BCUT2D eigenvalue weighted by atomic mass is 19.4. The third-order valence-corrected chi connectivity index (χ3v) is 4.58. The smallest absolute Gasteiger partial charge is 0.352 e. The molecule has 1 atom stereocenters. The molecule has 24 heavy (non-hydrogen) atoms. The van der Waals surface area contributed by atoms with Crippen LogP contribution in [0.3, 0.4) is 0 Å². The van der Waals surface area contributed by atoms with E-state index < -0.39 is 17.3 Å². The first-order valence-electron chi connectivity index (χ1n) is 8.35. The predicted octanol–water partition coefficient (Wildman–Crippen LogP) is 3.97. The third-order valence-electron chi connectivity index (χ3n) is 4.58. The van der Waals surface area contributed by atoms with Crippen molar-refractivity contribution < 1.29 is 18.0 Å². The van der Waals surface area contributed by atoms with Gasteiger partial charge in [0.1, 0.15) is 0 Å². The van der Waals surface area contributed by atoms with Crippen LogP contribution >= 0.6 is 0 Å². The van der Waals surface area contributed by atoms with Crippen molar-refractivity contribution in [1.29, 1.82) is 0 Å². The Labute approximate surface area is 141 Å². The number of nitrogens with one attached hydrogen (secondary N) is 1. The van der Waals surface area contributed by atoms with Gasteiger partial charge in [-0.05, 0) is 58.2 Å². The van der Waals surface area contributed by atoms with Crippen LogP contribution in [0.25, 0.3) is 0 Å². The summed E-state index contributed by atoms with van der Waals surface area (Å²) in [7, 11) is 0. The summed E-state index contributed by atoms with van der Waals surface area (Å²) in [6, 6.07) is 5.39. The van der Waals surface area contributed by atoms with Crippen molar-refractivity contribution in [1.82, 2.24) is 10.2 Å². The van der Waals surface area contributed by atoms with Crippen LogP contribution in [0, 0.1) is 0 Å². The standard InChI is InChI=1S/C18H25F3N2O/c1-13(2)22-16(24)17(3)9-4-5-10-23(17)12-14-7-6-8-15(11-14)18(19,20)21/h6-8,11,13H,4-5,9-10,12H2,1-3H3,(H,22,24). The summed E-state index contributed by atoms with van der Waals surface area (Å²) < 4.78 is 38.7. The molecule has 134 valence electrons. The molecule has 0 aromatic heterocycles. The number of nitrogens with zero attached hydrogens (tertiary/aromatic N) is 1. The highest BCUT2D eigenvalue weighted by Gasteiger charge is 2.41. The van der Waals surface area contributed by atoms with Crippen LogP contribution in [0.1, 0.15) is 51.2 Å². The second-order valence-electron chi connectivity index (χ2n) is 6.98. The number of benzene rings is 1. The number of hydrogen-bond donors (Lipinski definition) is 1. The predicted molar refractivity (Wildman–Crippen MR) is 87.4 cm³/mol. The Hall–Kier alpha value is -1.56. The van der Waals surface area contributed by atoms with Crippen LogP contribution in [-0.4, -0.2) is 28.9 Å². The molecular weight excluding hydrogens is 317 g/mol. The van der Waals surface area contributed by atoms with Gasteiger partial charge in [-0.15, -0.1) is 0 Å². The molecule has 1 aliphatic rings. The van der Waals surface area contributed by atoms with Gasteiger partial charge in [-0.2, -0.15) is 13.2 Å². The number of rotatable bonds is 4. The van der Waals surface area contributed by atoms with E-state index in [1.807, 2.05) is 25.7 Å². The fourth-order valence-electron chi connectivity index (χ4n) is 3.17. The number of piperidine rings is 1. The average molecular weight is 342 g/mol. The lowest BCUT2D eigenvalue weighted by Crippen LogP contribution is -2.59. The molecule has 1 aromatic carbocycles. The SMILES string of the molecule is CC(C)NC(=O)C1(C)CCCCN1Cc1cccc(C(F)(F)F)c1. The second kappa shape index (κ2) is 7.13. The Bertz CT molecular complexity index is 586. The fraction of sp³-hybridized carbons (Fsp3) is 0.611. The van der Waals surface area contributed by atoms with Crippen LogP contribution in [0.2, 0.25) is 0 Å². The number of carbonyl (C=O) groups is 1. The number of alkyl halides is 3. The van der Waals surface area contributed by atoms with E-state index in [-0.39, 0.29) is 11.9 Å². The number of amides is 1. The zero-order valence-electron chi connectivity index (χ0n) is 14.4. The molecule has 1 heterocycles. The molecule has 1 unspecified atom stereocenters. The molecule has 0 saturated carbocycles. The number of halogens is 3. The van der Waals surface area contributed by atoms with Crippen LogP contribution in [0.4, 0.5) is 13.2 Å². The van der Waals surface area contributed by atoms with E-state index in [4.69, 9.17) is 0 Å². The lowest BCUT2D eigenvalue weighted by atomic mass is 9.86. The van der Waals surface area contributed by atoms with Crippen molar-refractivity contribution in [2.45, 2.75) is 64.3 Å². The Morgan fingerprint density at radius 1 is 1.33 bits per heavy atom. The Kier molecular flexibility index (Phi) is 5.58. The molecule has 0 spiro atoms. The largest absolute Gasteiger partial charge is 0.416 e. The van der Waals surface area contributed by atoms with Crippen molar-refractivity contribution >= 4 is 5.91 Å². The Morgan fingerprint density at radius 3 is 2.67 bits per heavy atom. The summed E-state index contributed by atoms with van der Waals surface area (Å²) >= 11 is 0. The summed E-state index contributed by atoms with van der Waals surface area (Å²) in [6.07, 6.45) is -1.74. The van der Waals surface area contributed by atoms with Crippen molar-refractivity contribution in [3.63, 3.8) is 0 Å². The molecule has 1 saturated heterocycles. The second-order valence-corrected chi connectivity index (χ2v) is 6.98. The zero-order valence-corrected chi connectivity index (χ0v) is 14.4. The van der Waals surface area contributed by atoms with Crippen LogP contribution in [0.15, 0.2) is 24.3 Å². The van der Waals surface area contributed by atoms with E-state index in [0.29, 0.717) is 25.1 Å². The minimum absolute atomic E-state index is 0.0339. The van der Waals surface area contributed by atoms with Gasteiger partial charge in [-0.3, -0.25) is 9.69 Å². The van der Waals surface area contributed by atoms with E-state index in [2.05, 4.69) is 5.32 Å². The van der Waals surface area contributed by atoms with Gasteiger partial charge < -0.3 is 5.32 Å². The molecule has 2 rings (SSSR count). The maximum Gasteiger partial charge on any atom is 0.416 e. The van der Waals surface area contributed by atoms with E-state index in [1.165, 1.54) is 12.1 Å². The van der Waals surface area contributed by atoms with Crippen LogP contribution in [-0.2, 0) is 17.5 Å². The van der Waals surface area contributed by atoms with Crippen molar-refractivity contribution in [3.8, 4) is 0 Å². The monoisotopic (exact) mass is 342 g/mol. The van der Waals surface area contributed by atoms with E-state index in [1.54, 1.807) is 6.07 Å². The van der Waals surface area contributed by atoms with Gasteiger partial charge in [0.2, 0.25) is 5.91 Å². The summed E-state index contributed by atoms with van der Waals surface area (Å²) in [4.78, 5) is 14.6. The van der Waals surface area contributed by atoms with Gasteiger partial charge in [0.05, 0.1) is 11.1 Å². The number of hydrogen-bond acceptors (Lipinski definition) is 2. The minimum Gasteiger partial charge on any atom is -0.352 e. The molecular formula is C18H25F3N2O. The van der Waals surface area contributed by atoms with E-state index in [0.717, 1.165) is 18.9 Å². The molecule has 1 aliphatic heterocycles. The molecule has 1 aromatic rings. The first-order valence-corrected chi connectivity index (χ1v) is 8.35. The Morgan fingerprint density at radius 2 is 2.04 bits per heavy atom. The van der Waals surface area contributed by atoms with E-state index >= 15 is 0 Å². The van der Waals surface area contributed by atoms with Gasteiger partial charge in [0.15, 0.2) is 0 Å². The lowest BCUT2D eigenvalue weighted by Gasteiger charge is -2.44. The van der Waals surface area contributed by atoms with Gasteiger partial charge in [-0.1, -0.05) is 18.2 Å². The molecule has 1 N–H and O–H groups in total. The molecule has 0 radical (unpaired) electrons. The molecule has 6 heteroatoms. The zero-order chi connectivity index (χ0) is 18.0.